The number of benzene rings is 1. The van der Waals surface area contributed by atoms with Gasteiger partial charge in [0.05, 0.1) is 12.3 Å². The minimum atomic E-state index is -0.427. The molecule has 3 amide bonds. The molecule has 1 saturated carbocycles. The molecule has 3 heterocycles. The molecule has 3 aliphatic rings. The number of halogens is 1. The number of carbonyl (C=O) groups is 3. The van der Waals surface area contributed by atoms with Gasteiger partial charge in [-0.3, -0.25) is 14.4 Å². The van der Waals surface area contributed by atoms with Gasteiger partial charge in [0, 0.05) is 57.4 Å². The predicted octanol–water partition coefficient (Wildman–Crippen LogP) is 3.03. The summed E-state index contributed by atoms with van der Waals surface area (Å²) in [4.78, 5) is 50.9. The van der Waals surface area contributed by atoms with E-state index in [1.807, 2.05) is 28.0 Å². The lowest BCUT2D eigenvalue weighted by atomic mass is 9.99. The summed E-state index contributed by atoms with van der Waals surface area (Å²) < 4.78 is 13.8. The van der Waals surface area contributed by atoms with Gasteiger partial charge in [0.15, 0.2) is 0 Å². The molecule has 8 nitrogen and oxygen atoms in total. The summed E-state index contributed by atoms with van der Waals surface area (Å²) in [5.74, 6) is -0.301. The molecule has 9 heteroatoms. The van der Waals surface area contributed by atoms with Crippen LogP contribution in [0.4, 0.5) is 10.2 Å². The van der Waals surface area contributed by atoms with Crippen LogP contribution >= 0.6 is 0 Å². The lowest BCUT2D eigenvalue weighted by Gasteiger charge is -2.36. The topological polar surface area (TPSA) is 85.8 Å². The van der Waals surface area contributed by atoms with Crippen molar-refractivity contribution in [3.05, 3.63) is 60.0 Å². The van der Waals surface area contributed by atoms with E-state index in [-0.39, 0.29) is 41.9 Å². The van der Waals surface area contributed by atoms with E-state index in [2.05, 4.69) is 15.2 Å². The Hall–Kier alpha value is -3.49. The van der Waals surface area contributed by atoms with Gasteiger partial charge in [0.2, 0.25) is 17.7 Å². The van der Waals surface area contributed by atoms with Crippen molar-refractivity contribution in [1.82, 2.24) is 20.1 Å². The Balaban J connectivity index is 1.30. The number of rotatable bonds is 4. The van der Waals surface area contributed by atoms with E-state index in [9.17, 15) is 18.8 Å². The van der Waals surface area contributed by atoms with Crippen LogP contribution in [0.15, 0.2) is 48.7 Å². The molecule has 3 atom stereocenters. The average molecular weight is 536 g/mol. The van der Waals surface area contributed by atoms with Crippen LogP contribution in [-0.2, 0) is 20.8 Å². The van der Waals surface area contributed by atoms with Crippen LogP contribution in [0.5, 0.6) is 0 Å². The van der Waals surface area contributed by atoms with Crippen molar-refractivity contribution in [2.45, 2.75) is 51.0 Å². The lowest BCUT2D eigenvalue weighted by Crippen LogP contribution is -2.50. The predicted molar refractivity (Wildman–Crippen MR) is 146 cm³/mol. The SMILES string of the molecule is O=C1NCCCCCCN(C(=O)Cc2cccc(F)c2)C2CC(C(=O)N3CCN(c4ccccn4)CC3)CC12. The van der Waals surface area contributed by atoms with Gasteiger partial charge in [-0.25, -0.2) is 9.37 Å². The smallest absolute Gasteiger partial charge is 0.227 e. The minimum absolute atomic E-state index is 0.0688. The summed E-state index contributed by atoms with van der Waals surface area (Å²) in [6.07, 6.45) is 6.50. The standard InChI is InChI=1S/C30H38FN5O3/c31-24-9-7-8-22(18-24)19-28(37)36-13-6-2-1-4-12-33-29(38)25-20-23(21-26(25)36)30(39)35-16-14-34(15-17-35)27-10-3-5-11-32-27/h3,5,7-11,18,23,25-26H,1-2,4,6,12-17,19-21H2,(H,33,38). The van der Waals surface area contributed by atoms with Crippen LogP contribution in [0.1, 0.15) is 44.1 Å². The average Bonchev–Trinajstić information content (AvgIpc) is 3.38. The van der Waals surface area contributed by atoms with Gasteiger partial charge >= 0.3 is 0 Å². The maximum absolute atomic E-state index is 13.8. The third kappa shape index (κ3) is 6.57. The number of fused-ring (bicyclic) bond motifs is 1. The van der Waals surface area contributed by atoms with Crippen molar-refractivity contribution >= 4 is 23.5 Å². The molecule has 1 aromatic carbocycles. The molecule has 0 bridgehead atoms. The van der Waals surface area contributed by atoms with Gasteiger partial charge in [0.25, 0.3) is 0 Å². The monoisotopic (exact) mass is 535 g/mol. The van der Waals surface area contributed by atoms with E-state index in [0.717, 1.165) is 31.5 Å². The highest BCUT2D eigenvalue weighted by atomic mass is 19.1. The Morgan fingerprint density at radius 1 is 0.949 bits per heavy atom. The number of piperazine rings is 1. The Morgan fingerprint density at radius 3 is 2.54 bits per heavy atom. The second kappa shape index (κ2) is 12.6. The molecular formula is C30H38FN5O3. The molecule has 5 rings (SSSR count). The van der Waals surface area contributed by atoms with Crippen molar-refractivity contribution < 1.29 is 18.8 Å². The molecule has 208 valence electrons. The van der Waals surface area contributed by atoms with Gasteiger partial charge < -0.3 is 20.0 Å². The van der Waals surface area contributed by atoms with Crippen molar-refractivity contribution in [1.29, 1.82) is 0 Å². The van der Waals surface area contributed by atoms with Crippen LogP contribution in [0.25, 0.3) is 0 Å². The highest BCUT2D eigenvalue weighted by molar-refractivity contribution is 5.86. The zero-order valence-electron chi connectivity index (χ0n) is 22.4. The number of hydrogen-bond donors (Lipinski definition) is 1. The van der Waals surface area contributed by atoms with E-state index < -0.39 is 5.92 Å². The molecule has 0 spiro atoms. The highest BCUT2D eigenvalue weighted by Crippen LogP contribution is 2.37. The van der Waals surface area contributed by atoms with E-state index in [1.165, 1.54) is 12.1 Å². The molecule has 2 saturated heterocycles. The summed E-state index contributed by atoms with van der Waals surface area (Å²) in [5.41, 5.74) is 0.617. The van der Waals surface area contributed by atoms with E-state index in [4.69, 9.17) is 0 Å². The molecule has 0 radical (unpaired) electrons. The first-order valence-corrected chi connectivity index (χ1v) is 14.3. The number of anilines is 1. The van der Waals surface area contributed by atoms with Crippen molar-refractivity contribution in [2.24, 2.45) is 11.8 Å². The van der Waals surface area contributed by atoms with E-state index in [0.29, 0.717) is 57.7 Å². The fraction of sp³-hybridized carbons (Fsp3) is 0.533. The Morgan fingerprint density at radius 2 is 1.77 bits per heavy atom. The zero-order chi connectivity index (χ0) is 27.2. The third-order valence-corrected chi connectivity index (χ3v) is 8.37. The van der Waals surface area contributed by atoms with Gasteiger partial charge in [-0.1, -0.05) is 31.0 Å². The zero-order valence-corrected chi connectivity index (χ0v) is 22.4. The van der Waals surface area contributed by atoms with Gasteiger partial charge in [-0.15, -0.1) is 0 Å². The summed E-state index contributed by atoms with van der Waals surface area (Å²) in [6, 6.07) is 11.6. The lowest BCUT2D eigenvalue weighted by molar-refractivity contribution is -0.137. The van der Waals surface area contributed by atoms with Crippen LogP contribution in [0.3, 0.4) is 0 Å². The van der Waals surface area contributed by atoms with Gasteiger partial charge in [-0.2, -0.15) is 0 Å². The first-order valence-electron chi connectivity index (χ1n) is 14.3. The molecule has 1 N–H and O–H groups in total. The number of pyridine rings is 1. The second-order valence-corrected chi connectivity index (χ2v) is 10.9. The van der Waals surface area contributed by atoms with Gasteiger partial charge in [0.1, 0.15) is 11.6 Å². The summed E-state index contributed by atoms with van der Waals surface area (Å²) in [6.45, 7) is 3.80. The quantitative estimate of drug-likeness (QED) is 0.651. The molecule has 1 aromatic heterocycles. The molecule has 2 aromatic rings. The Labute approximate surface area is 229 Å². The maximum atomic E-state index is 13.8. The third-order valence-electron chi connectivity index (χ3n) is 8.37. The fourth-order valence-corrected chi connectivity index (χ4v) is 6.30. The van der Waals surface area contributed by atoms with E-state index >= 15 is 0 Å². The highest BCUT2D eigenvalue weighted by Gasteiger charge is 2.46. The van der Waals surface area contributed by atoms with Crippen LogP contribution in [0.2, 0.25) is 0 Å². The van der Waals surface area contributed by atoms with Crippen LogP contribution in [-0.4, -0.2) is 77.8 Å². The molecule has 39 heavy (non-hydrogen) atoms. The largest absolute Gasteiger partial charge is 0.356 e. The van der Waals surface area contributed by atoms with E-state index in [1.54, 1.807) is 18.3 Å². The summed E-state index contributed by atoms with van der Waals surface area (Å²) in [7, 11) is 0. The van der Waals surface area contributed by atoms with Crippen molar-refractivity contribution in [2.75, 3.05) is 44.2 Å². The molecule has 2 aliphatic heterocycles. The fourth-order valence-electron chi connectivity index (χ4n) is 6.30. The number of amides is 3. The summed E-state index contributed by atoms with van der Waals surface area (Å²) in [5, 5.41) is 3.07. The van der Waals surface area contributed by atoms with Crippen LogP contribution < -0.4 is 10.2 Å². The van der Waals surface area contributed by atoms with Crippen molar-refractivity contribution in [3.8, 4) is 0 Å². The first kappa shape index (κ1) is 27.1. The molecule has 3 fully saturated rings. The Bertz CT molecular complexity index is 1150. The molecule has 1 aliphatic carbocycles. The normalized spacial score (nSPS) is 24.5. The minimum Gasteiger partial charge on any atom is -0.356 e. The maximum Gasteiger partial charge on any atom is 0.227 e. The first-order chi connectivity index (χ1) is 19.0. The molecule has 3 unspecified atom stereocenters. The second-order valence-electron chi connectivity index (χ2n) is 10.9. The van der Waals surface area contributed by atoms with Crippen molar-refractivity contribution in [3.63, 3.8) is 0 Å². The Kier molecular flexibility index (Phi) is 8.74. The van der Waals surface area contributed by atoms with Crippen LogP contribution in [0, 0.1) is 17.7 Å². The number of hydrogen-bond acceptors (Lipinski definition) is 5. The van der Waals surface area contributed by atoms with Gasteiger partial charge in [-0.05, 0) is 55.5 Å². The molecular weight excluding hydrogens is 497 g/mol. The summed E-state index contributed by atoms with van der Waals surface area (Å²) >= 11 is 0. The number of aromatic nitrogens is 1. The number of nitrogens with zero attached hydrogens (tertiary/aromatic N) is 4. The number of nitrogens with one attached hydrogen (secondary N) is 1. The number of carbonyl (C=O) groups excluding carboxylic acids is 3.